The molecule has 1 aliphatic heterocycles. The van der Waals surface area contributed by atoms with Crippen LogP contribution in [0.1, 0.15) is 25.2 Å². The number of anilines is 1. The Morgan fingerprint density at radius 3 is 2.96 bits per heavy atom. The highest BCUT2D eigenvalue weighted by Crippen LogP contribution is 2.34. The topological polar surface area (TPSA) is 90.8 Å². The fraction of sp³-hybridized carbons (Fsp3) is 0.467. The second-order valence-electron chi connectivity index (χ2n) is 5.57. The molecule has 126 valence electrons. The third kappa shape index (κ3) is 4.07. The van der Waals surface area contributed by atoms with Crippen molar-refractivity contribution in [3.63, 3.8) is 0 Å². The molecule has 0 radical (unpaired) electrons. The van der Waals surface area contributed by atoms with Gasteiger partial charge in [0, 0.05) is 12.5 Å². The zero-order valence-electron chi connectivity index (χ0n) is 12.9. The van der Waals surface area contributed by atoms with Gasteiger partial charge >= 0.3 is 0 Å². The molecule has 1 aromatic heterocycles. The third-order valence-corrected chi connectivity index (χ3v) is 4.32. The summed E-state index contributed by atoms with van der Waals surface area (Å²) >= 11 is 6.08. The lowest BCUT2D eigenvalue weighted by atomic mass is 10.0. The standard InChI is InChI=1S/C15H19ClN4O2.ClH/c1-21-13-8-12(17)11(16)7-10(13)15-19-14(22-20-15)6-9-4-2-3-5-18-9;/h7-9,18H,2-6,17H2,1H3;1H/t9-;/m1./s1. The normalized spacial score (nSPS) is 17.6. The van der Waals surface area contributed by atoms with E-state index in [2.05, 4.69) is 15.5 Å². The van der Waals surface area contributed by atoms with Crippen molar-refractivity contribution in [2.45, 2.75) is 31.7 Å². The number of nitrogens with zero attached hydrogens (tertiary/aromatic N) is 2. The number of quaternary nitrogens is 1. The van der Waals surface area contributed by atoms with Crippen LogP contribution < -0.4 is 28.2 Å². The smallest absolute Gasteiger partial charge is 0.232 e. The highest BCUT2D eigenvalue weighted by molar-refractivity contribution is 6.33. The Balaban J connectivity index is 0.00000192. The van der Waals surface area contributed by atoms with E-state index in [1.807, 2.05) is 0 Å². The fourth-order valence-electron chi connectivity index (χ4n) is 2.79. The maximum atomic E-state index is 6.08. The first-order valence-corrected chi connectivity index (χ1v) is 7.84. The number of nitrogen functional groups attached to an aromatic ring is 1. The number of aromatic nitrogens is 2. The van der Waals surface area contributed by atoms with Crippen LogP contribution >= 0.6 is 11.6 Å². The minimum atomic E-state index is 0. The van der Waals surface area contributed by atoms with Gasteiger partial charge in [0.25, 0.3) is 0 Å². The molecule has 0 unspecified atom stereocenters. The Bertz CT molecular complexity index is 657. The molecule has 0 spiro atoms. The van der Waals surface area contributed by atoms with Crippen LogP contribution in [0.5, 0.6) is 5.75 Å². The van der Waals surface area contributed by atoms with Gasteiger partial charge in [-0.25, -0.2) is 0 Å². The van der Waals surface area contributed by atoms with Crippen LogP contribution in [0.4, 0.5) is 5.69 Å². The molecule has 0 aliphatic carbocycles. The lowest BCUT2D eigenvalue weighted by Gasteiger charge is -2.18. The molecule has 0 saturated carbocycles. The zero-order chi connectivity index (χ0) is 15.5. The molecule has 1 aromatic carbocycles. The Kier molecular flexibility index (Phi) is 6.10. The Morgan fingerprint density at radius 2 is 2.26 bits per heavy atom. The molecule has 0 amide bonds. The maximum Gasteiger partial charge on any atom is 0.232 e. The molecule has 2 heterocycles. The van der Waals surface area contributed by atoms with Crippen molar-refractivity contribution in [3.05, 3.63) is 23.0 Å². The minimum absolute atomic E-state index is 0. The monoisotopic (exact) mass is 358 g/mol. The molecule has 0 bridgehead atoms. The molecular weight excluding hydrogens is 339 g/mol. The molecule has 6 nitrogen and oxygen atoms in total. The zero-order valence-corrected chi connectivity index (χ0v) is 14.4. The lowest BCUT2D eigenvalue weighted by molar-refractivity contribution is -0.697. The predicted octanol–water partition coefficient (Wildman–Crippen LogP) is -1.36. The van der Waals surface area contributed by atoms with E-state index in [9.17, 15) is 0 Å². The average Bonchev–Trinajstić information content (AvgIpc) is 2.99. The number of methoxy groups -OCH3 is 1. The largest absolute Gasteiger partial charge is 1.00 e. The van der Waals surface area contributed by atoms with Gasteiger partial charge in [0.1, 0.15) is 5.75 Å². The summed E-state index contributed by atoms with van der Waals surface area (Å²) in [6.45, 7) is 1.17. The summed E-state index contributed by atoms with van der Waals surface area (Å²) in [5.41, 5.74) is 6.94. The quantitative estimate of drug-likeness (QED) is 0.659. The van der Waals surface area contributed by atoms with E-state index in [0.29, 0.717) is 39.8 Å². The first kappa shape index (κ1) is 17.8. The van der Waals surface area contributed by atoms with Crippen LogP contribution in [0.25, 0.3) is 11.4 Å². The Morgan fingerprint density at radius 1 is 1.43 bits per heavy atom. The molecule has 4 N–H and O–H groups in total. The number of nitrogens with two attached hydrogens (primary N) is 2. The molecule has 23 heavy (non-hydrogen) atoms. The Hall–Kier alpha value is -1.50. The van der Waals surface area contributed by atoms with Crippen molar-refractivity contribution < 1.29 is 27.0 Å². The van der Waals surface area contributed by atoms with Crippen molar-refractivity contribution in [2.24, 2.45) is 0 Å². The molecule has 1 fully saturated rings. The summed E-state index contributed by atoms with van der Waals surface area (Å²) in [6, 6.07) is 3.90. The second-order valence-corrected chi connectivity index (χ2v) is 5.98. The molecule has 1 aliphatic rings. The maximum absolute atomic E-state index is 6.08. The number of ether oxygens (including phenoxy) is 1. The van der Waals surface area contributed by atoms with Crippen molar-refractivity contribution >= 4 is 17.3 Å². The number of hydrogen-bond donors (Lipinski definition) is 2. The van der Waals surface area contributed by atoms with Crippen molar-refractivity contribution in [2.75, 3.05) is 19.4 Å². The van der Waals surface area contributed by atoms with E-state index in [1.165, 1.54) is 25.8 Å². The molecule has 8 heteroatoms. The molecule has 1 atom stereocenters. The van der Waals surface area contributed by atoms with Gasteiger partial charge in [-0.3, -0.25) is 0 Å². The second kappa shape index (κ2) is 7.86. The number of hydrogen-bond acceptors (Lipinski definition) is 5. The fourth-order valence-corrected chi connectivity index (χ4v) is 2.96. The minimum Gasteiger partial charge on any atom is -1.00 e. The Labute approximate surface area is 146 Å². The number of halogens is 2. The van der Waals surface area contributed by atoms with Gasteiger partial charge in [-0.15, -0.1) is 0 Å². The summed E-state index contributed by atoms with van der Waals surface area (Å²) < 4.78 is 10.7. The number of rotatable bonds is 4. The van der Waals surface area contributed by atoms with Crippen molar-refractivity contribution in [1.29, 1.82) is 0 Å². The van der Waals surface area contributed by atoms with Gasteiger partial charge in [0.15, 0.2) is 0 Å². The summed E-state index contributed by atoms with van der Waals surface area (Å²) in [5.74, 6) is 1.70. The third-order valence-electron chi connectivity index (χ3n) is 3.99. The van der Waals surface area contributed by atoms with E-state index in [0.717, 1.165) is 6.42 Å². The molecular formula is C15H20Cl2N4O2. The first-order chi connectivity index (χ1) is 10.7. The van der Waals surface area contributed by atoms with Crippen LogP contribution in [-0.2, 0) is 6.42 Å². The van der Waals surface area contributed by atoms with Crippen molar-refractivity contribution in [3.8, 4) is 17.1 Å². The summed E-state index contributed by atoms with van der Waals surface area (Å²) in [6.07, 6.45) is 4.53. The van der Waals surface area contributed by atoms with E-state index < -0.39 is 0 Å². The van der Waals surface area contributed by atoms with E-state index in [1.54, 1.807) is 19.2 Å². The highest BCUT2D eigenvalue weighted by Gasteiger charge is 2.21. The number of piperidine rings is 1. The number of benzene rings is 1. The first-order valence-electron chi connectivity index (χ1n) is 7.46. The van der Waals surface area contributed by atoms with Crippen LogP contribution in [0.15, 0.2) is 16.7 Å². The van der Waals surface area contributed by atoms with E-state index >= 15 is 0 Å². The lowest BCUT2D eigenvalue weighted by Crippen LogP contribution is -3.00. The highest BCUT2D eigenvalue weighted by atomic mass is 35.5. The predicted molar refractivity (Wildman–Crippen MR) is 83.8 cm³/mol. The SMILES string of the molecule is COc1cc(N)c(Cl)cc1-c1noc(C[C@H]2CCCC[NH2+]2)n1.[Cl-]. The summed E-state index contributed by atoms with van der Waals surface area (Å²) in [4.78, 5) is 4.48. The molecule has 1 saturated heterocycles. The van der Waals surface area contributed by atoms with Crippen LogP contribution in [0.3, 0.4) is 0 Å². The summed E-state index contributed by atoms with van der Waals surface area (Å²) in [7, 11) is 1.57. The van der Waals surface area contributed by atoms with E-state index in [4.69, 9.17) is 26.6 Å². The van der Waals surface area contributed by atoms with Crippen LogP contribution in [0, 0.1) is 0 Å². The van der Waals surface area contributed by atoms with Gasteiger partial charge in [0.05, 0.1) is 42.4 Å². The summed E-state index contributed by atoms with van der Waals surface area (Å²) in [5, 5.41) is 6.85. The van der Waals surface area contributed by atoms with Gasteiger partial charge in [-0.2, -0.15) is 4.98 Å². The molecule has 3 rings (SSSR count). The average molecular weight is 359 g/mol. The van der Waals surface area contributed by atoms with Crippen LogP contribution in [0.2, 0.25) is 5.02 Å². The molecule has 2 aromatic rings. The van der Waals surface area contributed by atoms with Gasteiger partial charge in [-0.1, -0.05) is 16.8 Å². The van der Waals surface area contributed by atoms with Gasteiger partial charge in [-0.05, 0) is 18.9 Å². The van der Waals surface area contributed by atoms with E-state index in [-0.39, 0.29) is 12.4 Å². The van der Waals surface area contributed by atoms with Crippen LogP contribution in [-0.4, -0.2) is 29.8 Å². The van der Waals surface area contributed by atoms with Gasteiger partial charge < -0.3 is 32.7 Å². The van der Waals surface area contributed by atoms with Gasteiger partial charge in [0.2, 0.25) is 11.7 Å². The van der Waals surface area contributed by atoms with Crippen molar-refractivity contribution in [1.82, 2.24) is 10.1 Å².